The van der Waals surface area contributed by atoms with E-state index in [0.717, 1.165) is 17.6 Å². The van der Waals surface area contributed by atoms with Crippen LogP contribution < -0.4 is 16.4 Å². The van der Waals surface area contributed by atoms with Gasteiger partial charge in [0.15, 0.2) is 0 Å². The fourth-order valence-corrected chi connectivity index (χ4v) is 1.93. The highest BCUT2D eigenvalue weighted by molar-refractivity contribution is 5.89. The van der Waals surface area contributed by atoms with Crippen LogP contribution in [0.3, 0.4) is 0 Å². The van der Waals surface area contributed by atoms with Crippen molar-refractivity contribution in [1.29, 1.82) is 0 Å². The molecule has 0 aliphatic rings. The lowest BCUT2D eigenvalue weighted by molar-refractivity contribution is -0.126. The van der Waals surface area contributed by atoms with Crippen LogP contribution in [-0.4, -0.2) is 30.7 Å². The molecule has 0 bridgehead atoms. The molecule has 6 heteroatoms. The van der Waals surface area contributed by atoms with Crippen molar-refractivity contribution in [2.75, 3.05) is 13.2 Å². The van der Waals surface area contributed by atoms with E-state index < -0.39 is 11.6 Å². The molecule has 4 N–H and O–H groups in total. The SMILES string of the molecule is C=C(C)/C=C(\C=C(\C)N)COC(=O)NC(C)(C)C(=O)NCCC(C)C. The van der Waals surface area contributed by atoms with E-state index in [9.17, 15) is 9.59 Å². The Hall–Kier alpha value is -2.24. The third-order valence-corrected chi connectivity index (χ3v) is 3.20. The first kappa shape index (κ1) is 22.8. The van der Waals surface area contributed by atoms with Crippen molar-refractivity contribution in [3.63, 3.8) is 0 Å². The van der Waals surface area contributed by atoms with E-state index in [-0.39, 0.29) is 12.5 Å². The van der Waals surface area contributed by atoms with Crippen molar-refractivity contribution >= 4 is 12.0 Å². The molecule has 0 atom stereocenters. The Morgan fingerprint density at radius 3 is 2.32 bits per heavy atom. The highest BCUT2D eigenvalue weighted by Crippen LogP contribution is 2.07. The van der Waals surface area contributed by atoms with E-state index in [1.165, 1.54) is 0 Å². The van der Waals surface area contributed by atoms with Gasteiger partial charge in [0, 0.05) is 12.2 Å². The Bertz CT molecular complexity index is 542. The van der Waals surface area contributed by atoms with Crippen LogP contribution in [0.25, 0.3) is 0 Å². The summed E-state index contributed by atoms with van der Waals surface area (Å²) in [6.45, 7) is 15.4. The second-order valence-corrected chi connectivity index (χ2v) is 7.22. The maximum Gasteiger partial charge on any atom is 0.408 e. The largest absolute Gasteiger partial charge is 0.445 e. The molecule has 0 aliphatic heterocycles. The summed E-state index contributed by atoms with van der Waals surface area (Å²) in [6.07, 6.45) is 3.71. The lowest BCUT2D eigenvalue weighted by Gasteiger charge is -2.25. The van der Waals surface area contributed by atoms with Gasteiger partial charge in [0.05, 0.1) is 0 Å². The number of hydrogen-bond acceptors (Lipinski definition) is 4. The number of allylic oxidation sites excluding steroid dienone is 3. The number of nitrogens with one attached hydrogen (secondary N) is 2. The molecule has 0 aliphatic carbocycles. The molecule has 142 valence electrons. The monoisotopic (exact) mass is 351 g/mol. The molecule has 0 unspecified atom stereocenters. The lowest BCUT2D eigenvalue weighted by atomic mass is 10.0. The van der Waals surface area contributed by atoms with Gasteiger partial charge in [0.25, 0.3) is 0 Å². The van der Waals surface area contributed by atoms with Crippen molar-refractivity contribution in [1.82, 2.24) is 10.6 Å². The Balaban J connectivity index is 4.62. The number of nitrogens with two attached hydrogens (primary N) is 1. The standard InChI is InChI=1S/C19H33N3O3/c1-13(2)8-9-21-17(23)19(6,7)22-18(24)25-12-16(10-14(3)4)11-15(5)20/h10-11,13H,3,8-9,12,20H2,1-2,4-7H3,(H,21,23)(H,22,24)/b15-11-,16-10+. The Morgan fingerprint density at radius 2 is 1.84 bits per heavy atom. The number of rotatable bonds is 9. The fourth-order valence-electron chi connectivity index (χ4n) is 1.93. The summed E-state index contributed by atoms with van der Waals surface area (Å²) >= 11 is 0. The molecule has 2 amide bonds. The van der Waals surface area contributed by atoms with Crippen LogP contribution in [0, 0.1) is 5.92 Å². The zero-order valence-corrected chi connectivity index (χ0v) is 16.4. The normalized spacial score (nSPS) is 12.8. The highest BCUT2D eigenvalue weighted by atomic mass is 16.5. The van der Waals surface area contributed by atoms with Gasteiger partial charge in [0.2, 0.25) is 5.91 Å². The summed E-state index contributed by atoms with van der Waals surface area (Å²) in [5, 5.41) is 5.40. The molecule has 6 nitrogen and oxygen atoms in total. The first-order valence-corrected chi connectivity index (χ1v) is 8.47. The molecule has 0 radical (unpaired) electrons. The predicted molar refractivity (Wildman–Crippen MR) is 102 cm³/mol. The molecule has 0 rings (SSSR count). The quantitative estimate of drug-likeness (QED) is 0.557. The minimum atomic E-state index is -1.06. The van der Waals surface area contributed by atoms with E-state index in [2.05, 4.69) is 31.1 Å². The molecular formula is C19H33N3O3. The average Bonchev–Trinajstić information content (AvgIpc) is 2.42. The Kier molecular flexibility index (Phi) is 9.64. The molecule has 0 aromatic carbocycles. The molecule has 0 spiro atoms. The van der Waals surface area contributed by atoms with Crippen molar-refractivity contribution in [3.8, 4) is 0 Å². The van der Waals surface area contributed by atoms with Crippen LogP contribution in [-0.2, 0) is 9.53 Å². The summed E-state index contributed by atoms with van der Waals surface area (Å²) in [7, 11) is 0. The first-order valence-electron chi connectivity index (χ1n) is 8.47. The van der Waals surface area contributed by atoms with Gasteiger partial charge in [-0.1, -0.05) is 32.1 Å². The van der Waals surface area contributed by atoms with E-state index in [0.29, 0.717) is 18.2 Å². The van der Waals surface area contributed by atoms with Crippen molar-refractivity contribution in [3.05, 3.63) is 35.6 Å². The highest BCUT2D eigenvalue weighted by Gasteiger charge is 2.29. The van der Waals surface area contributed by atoms with Gasteiger partial charge < -0.3 is 21.1 Å². The van der Waals surface area contributed by atoms with E-state index in [4.69, 9.17) is 10.5 Å². The van der Waals surface area contributed by atoms with Crippen molar-refractivity contribution in [2.45, 2.75) is 53.5 Å². The third-order valence-electron chi connectivity index (χ3n) is 3.20. The van der Waals surface area contributed by atoms with Gasteiger partial charge in [-0.3, -0.25) is 4.79 Å². The fraction of sp³-hybridized carbons (Fsp3) is 0.579. The second kappa shape index (κ2) is 10.6. The number of ether oxygens (including phenoxy) is 1. The molecule has 0 saturated heterocycles. The molecule has 0 saturated carbocycles. The maximum absolute atomic E-state index is 12.2. The molecule has 0 aromatic rings. The Labute approximate surface area is 151 Å². The van der Waals surface area contributed by atoms with Crippen LogP contribution in [0.15, 0.2) is 35.6 Å². The van der Waals surface area contributed by atoms with E-state index >= 15 is 0 Å². The van der Waals surface area contributed by atoms with Crippen molar-refractivity contribution < 1.29 is 14.3 Å². The zero-order valence-electron chi connectivity index (χ0n) is 16.4. The molecule has 25 heavy (non-hydrogen) atoms. The van der Waals surface area contributed by atoms with Crippen LogP contribution in [0.5, 0.6) is 0 Å². The van der Waals surface area contributed by atoms with Gasteiger partial charge in [-0.05, 0) is 51.7 Å². The van der Waals surface area contributed by atoms with E-state index in [1.807, 2.05) is 6.92 Å². The maximum atomic E-state index is 12.2. The van der Waals surface area contributed by atoms with Crippen molar-refractivity contribution in [2.24, 2.45) is 11.7 Å². The van der Waals surface area contributed by atoms with Gasteiger partial charge in [0.1, 0.15) is 12.1 Å². The van der Waals surface area contributed by atoms with Crippen LogP contribution >= 0.6 is 0 Å². The van der Waals surface area contributed by atoms with Crippen LogP contribution in [0.4, 0.5) is 4.79 Å². The van der Waals surface area contributed by atoms with E-state index in [1.54, 1.807) is 32.9 Å². The summed E-state index contributed by atoms with van der Waals surface area (Å²) in [5.41, 5.74) is 6.75. The van der Waals surface area contributed by atoms with Gasteiger partial charge in [-0.25, -0.2) is 4.79 Å². The lowest BCUT2D eigenvalue weighted by Crippen LogP contribution is -2.55. The number of carbonyl (C=O) groups excluding carboxylic acids is 2. The van der Waals surface area contributed by atoms with Gasteiger partial charge in [-0.2, -0.15) is 0 Å². The smallest absolute Gasteiger partial charge is 0.408 e. The summed E-state index contributed by atoms with van der Waals surface area (Å²) in [6, 6.07) is 0. The second-order valence-electron chi connectivity index (χ2n) is 7.22. The minimum Gasteiger partial charge on any atom is -0.445 e. The number of hydrogen-bond donors (Lipinski definition) is 3. The summed E-state index contributed by atoms with van der Waals surface area (Å²) in [5.74, 6) is 0.249. The minimum absolute atomic E-state index is 0.0400. The van der Waals surface area contributed by atoms with Crippen LogP contribution in [0.2, 0.25) is 0 Å². The third kappa shape index (κ3) is 11.0. The molecule has 0 heterocycles. The Morgan fingerprint density at radius 1 is 1.24 bits per heavy atom. The number of alkyl carbamates (subject to hydrolysis) is 1. The molecule has 0 aromatic heterocycles. The average molecular weight is 351 g/mol. The summed E-state index contributed by atoms with van der Waals surface area (Å²) in [4.78, 5) is 24.2. The molecule has 0 fully saturated rings. The molecular weight excluding hydrogens is 318 g/mol. The van der Waals surface area contributed by atoms with Gasteiger partial charge >= 0.3 is 6.09 Å². The predicted octanol–water partition coefficient (Wildman–Crippen LogP) is 3.02. The summed E-state index contributed by atoms with van der Waals surface area (Å²) < 4.78 is 5.20. The number of carbonyl (C=O) groups is 2. The van der Waals surface area contributed by atoms with Crippen LogP contribution in [0.1, 0.15) is 48.0 Å². The van der Waals surface area contributed by atoms with Gasteiger partial charge in [-0.15, -0.1) is 0 Å². The number of amides is 2. The topological polar surface area (TPSA) is 93.4 Å². The first-order chi connectivity index (χ1) is 11.4. The zero-order chi connectivity index (χ0) is 19.6.